The number of nitrogens with zero attached hydrogens (tertiary/aromatic N) is 1. The summed E-state index contributed by atoms with van der Waals surface area (Å²) in [7, 11) is 2.09. The molecule has 19 heavy (non-hydrogen) atoms. The molecule has 3 nitrogen and oxygen atoms in total. The lowest BCUT2D eigenvalue weighted by Crippen LogP contribution is -2.42. The predicted octanol–water partition coefficient (Wildman–Crippen LogP) is 2.51. The largest absolute Gasteiger partial charge is 0.349 e. The summed E-state index contributed by atoms with van der Waals surface area (Å²) in [6, 6.07) is 8.44. The number of rotatable bonds is 3. The first-order chi connectivity index (χ1) is 9.06. The molecule has 1 saturated heterocycles. The molecule has 2 atom stereocenters. The average molecular weight is 260 g/mol. The van der Waals surface area contributed by atoms with Crippen molar-refractivity contribution in [2.75, 3.05) is 20.1 Å². The summed E-state index contributed by atoms with van der Waals surface area (Å²) in [5, 5.41) is 3.14. The van der Waals surface area contributed by atoms with Crippen LogP contribution >= 0.6 is 0 Å². The van der Waals surface area contributed by atoms with Crippen molar-refractivity contribution in [2.45, 2.75) is 32.7 Å². The Balaban J connectivity index is 1.92. The summed E-state index contributed by atoms with van der Waals surface area (Å²) in [6.45, 7) is 6.11. The van der Waals surface area contributed by atoms with E-state index in [-0.39, 0.29) is 17.9 Å². The summed E-state index contributed by atoms with van der Waals surface area (Å²) in [5.41, 5.74) is 2.42. The van der Waals surface area contributed by atoms with Crippen LogP contribution in [0.3, 0.4) is 0 Å². The SMILES string of the molecule is Cc1ccc([C@@H](C)NC(=O)[C@H]2CCCN(C)C2)cc1. The highest BCUT2D eigenvalue weighted by molar-refractivity contribution is 5.79. The number of hydrogen-bond acceptors (Lipinski definition) is 2. The average Bonchev–Trinajstić information content (AvgIpc) is 2.39. The zero-order valence-corrected chi connectivity index (χ0v) is 12.1. The summed E-state index contributed by atoms with van der Waals surface area (Å²) in [4.78, 5) is 14.5. The van der Waals surface area contributed by atoms with Gasteiger partial charge in [0.15, 0.2) is 0 Å². The molecule has 1 fully saturated rings. The number of likely N-dealkylation sites (tertiary alicyclic amines) is 1. The van der Waals surface area contributed by atoms with Gasteiger partial charge in [-0.3, -0.25) is 4.79 Å². The van der Waals surface area contributed by atoms with Gasteiger partial charge in [-0.2, -0.15) is 0 Å². The van der Waals surface area contributed by atoms with Crippen LogP contribution in [-0.2, 0) is 4.79 Å². The Bertz CT molecular complexity index is 427. The lowest BCUT2D eigenvalue weighted by atomic mass is 9.96. The number of hydrogen-bond donors (Lipinski definition) is 1. The second kappa shape index (κ2) is 6.20. The van der Waals surface area contributed by atoms with Gasteiger partial charge in [-0.05, 0) is 45.8 Å². The van der Waals surface area contributed by atoms with Gasteiger partial charge in [-0.15, -0.1) is 0 Å². The second-order valence-electron chi connectivity index (χ2n) is 5.74. The van der Waals surface area contributed by atoms with Crippen LogP contribution in [0.5, 0.6) is 0 Å². The van der Waals surface area contributed by atoms with Crippen molar-refractivity contribution in [1.82, 2.24) is 10.2 Å². The van der Waals surface area contributed by atoms with E-state index in [4.69, 9.17) is 0 Å². The Hall–Kier alpha value is -1.35. The van der Waals surface area contributed by atoms with Gasteiger partial charge in [0, 0.05) is 6.54 Å². The van der Waals surface area contributed by atoms with E-state index in [1.54, 1.807) is 0 Å². The van der Waals surface area contributed by atoms with E-state index in [0.717, 1.165) is 25.9 Å². The number of carbonyl (C=O) groups is 1. The van der Waals surface area contributed by atoms with E-state index in [2.05, 4.69) is 55.4 Å². The molecule has 2 rings (SSSR count). The zero-order chi connectivity index (χ0) is 13.8. The van der Waals surface area contributed by atoms with Crippen molar-refractivity contribution in [1.29, 1.82) is 0 Å². The summed E-state index contributed by atoms with van der Waals surface area (Å²) >= 11 is 0. The first-order valence-electron chi connectivity index (χ1n) is 7.12. The van der Waals surface area contributed by atoms with Crippen molar-refractivity contribution in [2.24, 2.45) is 5.92 Å². The quantitative estimate of drug-likeness (QED) is 0.905. The Morgan fingerprint density at radius 1 is 1.37 bits per heavy atom. The molecule has 1 aromatic rings. The van der Waals surface area contributed by atoms with Crippen molar-refractivity contribution >= 4 is 5.91 Å². The topological polar surface area (TPSA) is 32.3 Å². The smallest absolute Gasteiger partial charge is 0.224 e. The van der Waals surface area contributed by atoms with Crippen LogP contribution in [0.1, 0.15) is 36.9 Å². The van der Waals surface area contributed by atoms with Crippen molar-refractivity contribution in [3.63, 3.8) is 0 Å². The first kappa shape index (κ1) is 14.1. The number of piperidine rings is 1. The second-order valence-corrected chi connectivity index (χ2v) is 5.74. The van der Waals surface area contributed by atoms with Crippen molar-refractivity contribution in [3.05, 3.63) is 35.4 Å². The molecule has 1 aliphatic rings. The normalized spacial score (nSPS) is 21.9. The third-order valence-electron chi connectivity index (χ3n) is 3.93. The fraction of sp³-hybridized carbons (Fsp3) is 0.562. The van der Waals surface area contributed by atoms with E-state index < -0.39 is 0 Å². The lowest BCUT2D eigenvalue weighted by Gasteiger charge is -2.29. The first-order valence-corrected chi connectivity index (χ1v) is 7.12. The maximum absolute atomic E-state index is 12.3. The number of benzene rings is 1. The molecule has 1 N–H and O–H groups in total. The van der Waals surface area contributed by atoms with Crippen LogP contribution in [-0.4, -0.2) is 30.9 Å². The predicted molar refractivity (Wildman–Crippen MR) is 78.0 cm³/mol. The molecule has 0 aromatic heterocycles. The Kier molecular flexibility index (Phi) is 4.59. The van der Waals surface area contributed by atoms with Crippen LogP contribution in [0.25, 0.3) is 0 Å². The molecule has 0 unspecified atom stereocenters. The van der Waals surface area contributed by atoms with Gasteiger partial charge in [-0.1, -0.05) is 29.8 Å². The highest BCUT2D eigenvalue weighted by Gasteiger charge is 2.24. The van der Waals surface area contributed by atoms with E-state index in [0.29, 0.717) is 0 Å². The molecule has 104 valence electrons. The van der Waals surface area contributed by atoms with Gasteiger partial charge in [0.05, 0.1) is 12.0 Å². The van der Waals surface area contributed by atoms with Gasteiger partial charge >= 0.3 is 0 Å². The molecule has 0 radical (unpaired) electrons. The molecular weight excluding hydrogens is 236 g/mol. The summed E-state index contributed by atoms with van der Waals surface area (Å²) in [6.07, 6.45) is 2.13. The maximum atomic E-state index is 12.3. The number of aryl methyl sites for hydroxylation is 1. The minimum atomic E-state index is 0.0836. The molecule has 1 aromatic carbocycles. The van der Waals surface area contributed by atoms with Crippen LogP contribution in [0, 0.1) is 12.8 Å². The standard InChI is InChI=1S/C16H24N2O/c1-12-6-8-14(9-7-12)13(2)17-16(19)15-5-4-10-18(3)11-15/h6-9,13,15H,4-5,10-11H2,1-3H3,(H,17,19)/t13-,15+/m1/s1. The van der Waals surface area contributed by atoms with Crippen LogP contribution in [0.2, 0.25) is 0 Å². The summed E-state index contributed by atoms with van der Waals surface area (Å²) < 4.78 is 0. The molecular formula is C16H24N2O. The molecule has 1 heterocycles. The molecule has 3 heteroatoms. The molecule has 1 amide bonds. The van der Waals surface area contributed by atoms with Gasteiger partial charge in [0.25, 0.3) is 0 Å². The molecule has 1 aliphatic heterocycles. The van der Waals surface area contributed by atoms with Crippen molar-refractivity contribution in [3.8, 4) is 0 Å². The Morgan fingerprint density at radius 3 is 2.68 bits per heavy atom. The van der Waals surface area contributed by atoms with Gasteiger partial charge in [0.2, 0.25) is 5.91 Å². The molecule has 0 aliphatic carbocycles. The van der Waals surface area contributed by atoms with E-state index in [9.17, 15) is 4.79 Å². The molecule has 0 saturated carbocycles. The van der Waals surface area contributed by atoms with Crippen LogP contribution in [0.15, 0.2) is 24.3 Å². The Labute approximate surface area is 116 Å². The van der Waals surface area contributed by atoms with Gasteiger partial charge < -0.3 is 10.2 Å². The van der Waals surface area contributed by atoms with Gasteiger partial charge in [-0.25, -0.2) is 0 Å². The highest BCUT2D eigenvalue weighted by atomic mass is 16.2. The minimum absolute atomic E-state index is 0.0836. The van der Waals surface area contributed by atoms with Gasteiger partial charge in [0.1, 0.15) is 0 Å². The van der Waals surface area contributed by atoms with E-state index >= 15 is 0 Å². The van der Waals surface area contributed by atoms with Crippen LogP contribution in [0.4, 0.5) is 0 Å². The third kappa shape index (κ3) is 3.80. The lowest BCUT2D eigenvalue weighted by molar-refractivity contribution is -0.127. The van der Waals surface area contributed by atoms with E-state index in [1.807, 2.05) is 0 Å². The minimum Gasteiger partial charge on any atom is -0.349 e. The number of nitrogens with one attached hydrogen (secondary N) is 1. The highest BCUT2D eigenvalue weighted by Crippen LogP contribution is 2.18. The molecule has 0 bridgehead atoms. The fourth-order valence-corrected chi connectivity index (χ4v) is 2.65. The molecule has 0 spiro atoms. The maximum Gasteiger partial charge on any atom is 0.224 e. The van der Waals surface area contributed by atoms with E-state index in [1.165, 1.54) is 11.1 Å². The number of carbonyl (C=O) groups excluding carboxylic acids is 1. The van der Waals surface area contributed by atoms with Crippen molar-refractivity contribution < 1.29 is 4.79 Å². The summed E-state index contributed by atoms with van der Waals surface area (Å²) in [5.74, 6) is 0.339. The van der Waals surface area contributed by atoms with Crippen LogP contribution < -0.4 is 5.32 Å². The third-order valence-corrected chi connectivity index (χ3v) is 3.93. The zero-order valence-electron chi connectivity index (χ0n) is 12.1. The fourth-order valence-electron chi connectivity index (χ4n) is 2.65. The Morgan fingerprint density at radius 2 is 2.05 bits per heavy atom. The monoisotopic (exact) mass is 260 g/mol. The number of amides is 1.